The number of aromatic nitrogens is 2. The molecule has 3 rings (SSSR count). The number of aryl methyl sites for hydroxylation is 1. The van der Waals surface area contributed by atoms with Gasteiger partial charge in [0.25, 0.3) is 0 Å². The Bertz CT molecular complexity index is 817. The van der Waals surface area contributed by atoms with Crippen LogP contribution >= 0.6 is 11.6 Å². The fourth-order valence-electron chi connectivity index (χ4n) is 1.96. The van der Waals surface area contributed by atoms with Gasteiger partial charge < -0.3 is 9.26 Å². The van der Waals surface area contributed by atoms with Gasteiger partial charge in [-0.3, -0.25) is 9.69 Å². The first-order valence-electron chi connectivity index (χ1n) is 6.73. The highest BCUT2D eigenvalue weighted by Crippen LogP contribution is 2.33. The molecule has 2 aromatic heterocycles. The SMILES string of the molecule is Cc1cc(N(C=O)c2cccnc2Oc2ccc(Cl)cc2)no1. The highest BCUT2D eigenvalue weighted by atomic mass is 35.5. The number of carbonyl (C=O) groups excluding carboxylic acids is 1. The molecule has 116 valence electrons. The normalized spacial score (nSPS) is 10.3. The number of nitrogens with zero attached hydrogens (tertiary/aromatic N) is 3. The molecule has 0 atom stereocenters. The summed E-state index contributed by atoms with van der Waals surface area (Å²) in [7, 11) is 0. The lowest BCUT2D eigenvalue weighted by molar-refractivity contribution is -0.106. The fourth-order valence-corrected chi connectivity index (χ4v) is 2.09. The van der Waals surface area contributed by atoms with Gasteiger partial charge in [0.05, 0.1) is 0 Å². The predicted octanol–water partition coefficient (Wildman–Crippen LogP) is 4.12. The molecule has 0 unspecified atom stereocenters. The maximum atomic E-state index is 11.5. The summed E-state index contributed by atoms with van der Waals surface area (Å²) < 4.78 is 10.8. The molecule has 2 heterocycles. The van der Waals surface area contributed by atoms with E-state index in [0.29, 0.717) is 34.4 Å². The average molecular weight is 330 g/mol. The minimum atomic E-state index is 0.266. The van der Waals surface area contributed by atoms with Gasteiger partial charge in [0.2, 0.25) is 12.3 Å². The van der Waals surface area contributed by atoms with Gasteiger partial charge in [-0.25, -0.2) is 4.98 Å². The van der Waals surface area contributed by atoms with E-state index in [1.807, 2.05) is 0 Å². The van der Waals surface area contributed by atoms with E-state index in [0.717, 1.165) is 0 Å². The Kier molecular flexibility index (Phi) is 4.25. The maximum Gasteiger partial charge on any atom is 0.243 e. The molecule has 0 aliphatic heterocycles. The molecule has 0 N–H and O–H groups in total. The second-order valence-electron chi connectivity index (χ2n) is 4.65. The number of anilines is 2. The predicted molar refractivity (Wildman–Crippen MR) is 85.2 cm³/mol. The van der Waals surface area contributed by atoms with Crippen molar-refractivity contribution in [3.63, 3.8) is 0 Å². The summed E-state index contributed by atoms with van der Waals surface area (Å²) in [5, 5.41) is 4.44. The molecule has 7 heteroatoms. The Morgan fingerprint density at radius 1 is 1.26 bits per heavy atom. The van der Waals surface area contributed by atoms with Gasteiger partial charge in [-0.15, -0.1) is 0 Å². The lowest BCUT2D eigenvalue weighted by Gasteiger charge is -2.16. The smallest absolute Gasteiger partial charge is 0.243 e. The monoisotopic (exact) mass is 329 g/mol. The lowest BCUT2D eigenvalue weighted by atomic mass is 10.3. The van der Waals surface area contributed by atoms with Crippen LogP contribution in [0.25, 0.3) is 0 Å². The summed E-state index contributed by atoms with van der Waals surface area (Å²) in [6.45, 7) is 1.74. The Morgan fingerprint density at radius 3 is 2.70 bits per heavy atom. The van der Waals surface area contributed by atoms with Crippen LogP contribution in [-0.2, 0) is 4.79 Å². The number of amides is 1. The van der Waals surface area contributed by atoms with Crippen molar-refractivity contribution in [3.05, 3.63) is 59.4 Å². The molecule has 0 aliphatic rings. The number of halogens is 1. The minimum absolute atomic E-state index is 0.266. The molecule has 1 amide bonds. The summed E-state index contributed by atoms with van der Waals surface area (Å²) in [5.41, 5.74) is 0.450. The third-order valence-corrected chi connectivity index (χ3v) is 3.26. The number of hydrogen-bond acceptors (Lipinski definition) is 5. The third-order valence-electron chi connectivity index (χ3n) is 3.01. The topological polar surface area (TPSA) is 68.5 Å². The van der Waals surface area contributed by atoms with Crippen molar-refractivity contribution < 1.29 is 14.1 Å². The molecule has 0 fully saturated rings. The number of ether oxygens (including phenoxy) is 1. The summed E-state index contributed by atoms with van der Waals surface area (Å²) in [4.78, 5) is 17.0. The van der Waals surface area contributed by atoms with Crippen LogP contribution in [0.5, 0.6) is 11.6 Å². The van der Waals surface area contributed by atoms with Crippen LogP contribution in [0, 0.1) is 6.92 Å². The Hall–Kier alpha value is -2.86. The van der Waals surface area contributed by atoms with Crippen LogP contribution < -0.4 is 9.64 Å². The standard InChI is InChI=1S/C16H12ClN3O3/c1-11-9-15(19-23-11)20(10-21)14-3-2-8-18-16(14)22-13-6-4-12(17)5-7-13/h2-10H,1H3. The Labute approximate surface area is 137 Å². The van der Waals surface area contributed by atoms with Crippen molar-refractivity contribution in [2.75, 3.05) is 4.90 Å². The maximum absolute atomic E-state index is 11.5. The molecular formula is C16H12ClN3O3. The van der Waals surface area contributed by atoms with E-state index in [2.05, 4.69) is 10.1 Å². The first-order valence-corrected chi connectivity index (χ1v) is 7.11. The summed E-state index contributed by atoms with van der Waals surface area (Å²) in [6.07, 6.45) is 2.20. The number of rotatable bonds is 5. The Morgan fingerprint density at radius 2 is 2.04 bits per heavy atom. The average Bonchev–Trinajstić information content (AvgIpc) is 2.98. The quantitative estimate of drug-likeness (QED) is 0.659. The summed E-state index contributed by atoms with van der Waals surface area (Å²) in [6, 6.07) is 11.9. The van der Waals surface area contributed by atoms with Gasteiger partial charge in [-0.1, -0.05) is 16.8 Å². The van der Waals surface area contributed by atoms with Crippen molar-refractivity contribution in [3.8, 4) is 11.6 Å². The van der Waals surface area contributed by atoms with Crippen LogP contribution in [0.15, 0.2) is 53.2 Å². The molecule has 3 aromatic rings. The highest BCUT2D eigenvalue weighted by molar-refractivity contribution is 6.30. The second-order valence-corrected chi connectivity index (χ2v) is 5.09. The molecule has 23 heavy (non-hydrogen) atoms. The number of benzene rings is 1. The van der Waals surface area contributed by atoms with E-state index >= 15 is 0 Å². The molecular weight excluding hydrogens is 318 g/mol. The molecule has 0 aliphatic carbocycles. The van der Waals surface area contributed by atoms with Gasteiger partial charge in [0, 0.05) is 17.3 Å². The van der Waals surface area contributed by atoms with E-state index in [1.54, 1.807) is 55.6 Å². The van der Waals surface area contributed by atoms with Crippen LogP contribution in [0.4, 0.5) is 11.5 Å². The fraction of sp³-hybridized carbons (Fsp3) is 0.0625. The molecule has 0 radical (unpaired) electrons. The highest BCUT2D eigenvalue weighted by Gasteiger charge is 2.18. The van der Waals surface area contributed by atoms with Gasteiger partial charge in [0.1, 0.15) is 17.2 Å². The van der Waals surface area contributed by atoms with Crippen molar-refractivity contribution in [1.82, 2.24) is 10.1 Å². The van der Waals surface area contributed by atoms with Crippen LogP contribution in [-0.4, -0.2) is 16.6 Å². The van der Waals surface area contributed by atoms with Gasteiger partial charge in [0.15, 0.2) is 5.82 Å². The van der Waals surface area contributed by atoms with Gasteiger partial charge in [-0.05, 0) is 43.3 Å². The van der Waals surface area contributed by atoms with E-state index in [9.17, 15) is 4.79 Å². The zero-order valence-electron chi connectivity index (χ0n) is 12.1. The van der Waals surface area contributed by atoms with Crippen molar-refractivity contribution >= 4 is 29.5 Å². The number of carbonyl (C=O) groups is 1. The van der Waals surface area contributed by atoms with Crippen molar-refractivity contribution in [2.24, 2.45) is 0 Å². The van der Waals surface area contributed by atoms with Crippen molar-refractivity contribution in [2.45, 2.75) is 6.92 Å². The lowest BCUT2D eigenvalue weighted by Crippen LogP contribution is -2.15. The number of hydrogen-bond donors (Lipinski definition) is 0. The second kappa shape index (κ2) is 6.50. The van der Waals surface area contributed by atoms with E-state index < -0.39 is 0 Å². The van der Waals surface area contributed by atoms with Gasteiger partial charge in [-0.2, -0.15) is 0 Å². The molecule has 0 saturated carbocycles. The van der Waals surface area contributed by atoms with Crippen LogP contribution in [0.2, 0.25) is 5.02 Å². The van der Waals surface area contributed by atoms with E-state index in [1.165, 1.54) is 4.90 Å². The van der Waals surface area contributed by atoms with E-state index in [-0.39, 0.29) is 5.88 Å². The van der Waals surface area contributed by atoms with Crippen LogP contribution in [0.1, 0.15) is 5.76 Å². The van der Waals surface area contributed by atoms with E-state index in [4.69, 9.17) is 20.9 Å². The molecule has 0 spiro atoms. The molecule has 6 nitrogen and oxygen atoms in total. The largest absolute Gasteiger partial charge is 0.437 e. The zero-order valence-corrected chi connectivity index (χ0v) is 12.9. The first kappa shape index (κ1) is 15.1. The van der Waals surface area contributed by atoms with Crippen LogP contribution in [0.3, 0.4) is 0 Å². The zero-order chi connectivity index (χ0) is 16.2. The summed E-state index contributed by atoms with van der Waals surface area (Å²) >= 11 is 5.86. The molecule has 0 saturated heterocycles. The first-order chi connectivity index (χ1) is 11.2. The minimum Gasteiger partial charge on any atom is -0.437 e. The summed E-state index contributed by atoms with van der Waals surface area (Å²) in [5.74, 6) is 1.77. The van der Waals surface area contributed by atoms with Gasteiger partial charge >= 0.3 is 0 Å². The number of pyridine rings is 1. The Balaban J connectivity index is 1.96. The molecule has 1 aromatic carbocycles. The molecule has 0 bridgehead atoms. The third kappa shape index (κ3) is 3.32. The van der Waals surface area contributed by atoms with Crippen molar-refractivity contribution in [1.29, 1.82) is 0 Å².